The zero-order valence-corrected chi connectivity index (χ0v) is 19.6. The molecule has 0 rings (SSSR count). The second-order valence-electron chi connectivity index (χ2n) is 8.40. The van der Waals surface area contributed by atoms with Crippen molar-refractivity contribution in [1.82, 2.24) is 9.80 Å². The molecule has 0 spiro atoms. The van der Waals surface area contributed by atoms with Gasteiger partial charge in [-0.15, -0.1) is 0 Å². The fraction of sp³-hybridized carbons (Fsp3) is 0.917. The fourth-order valence-corrected chi connectivity index (χ4v) is 3.55. The van der Waals surface area contributed by atoms with Crippen molar-refractivity contribution in [2.24, 2.45) is 5.92 Å². The van der Waals surface area contributed by atoms with E-state index in [9.17, 15) is 9.59 Å². The molecule has 0 radical (unpaired) electrons. The maximum absolute atomic E-state index is 12.9. The SMILES string of the molecule is CCCCCCCCCCCC(C(=O)N(C)CCCC)C(=O)N(C)CCCC. The van der Waals surface area contributed by atoms with Crippen molar-refractivity contribution in [3.8, 4) is 0 Å². The summed E-state index contributed by atoms with van der Waals surface area (Å²) < 4.78 is 0. The number of hydrogen-bond acceptors (Lipinski definition) is 2. The molecule has 4 heteroatoms. The summed E-state index contributed by atoms with van der Waals surface area (Å²) in [7, 11) is 3.70. The third-order valence-electron chi connectivity index (χ3n) is 5.64. The monoisotopic (exact) mass is 396 g/mol. The summed E-state index contributed by atoms with van der Waals surface area (Å²) in [6, 6.07) is 0. The van der Waals surface area contributed by atoms with Crippen LogP contribution in [0.1, 0.15) is 111 Å². The molecule has 2 amide bonds. The van der Waals surface area contributed by atoms with Crippen LogP contribution in [0.2, 0.25) is 0 Å². The molecule has 0 aliphatic heterocycles. The largest absolute Gasteiger partial charge is 0.345 e. The van der Waals surface area contributed by atoms with Crippen molar-refractivity contribution in [2.45, 2.75) is 111 Å². The van der Waals surface area contributed by atoms with E-state index in [1.807, 2.05) is 14.1 Å². The first-order chi connectivity index (χ1) is 13.5. The van der Waals surface area contributed by atoms with Gasteiger partial charge in [0.05, 0.1) is 0 Å². The van der Waals surface area contributed by atoms with Gasteiger partial charge in [0, 0.05) is 27.2 Å². The molecule has 166 valence electrons. The van der Waals surface area contributed by atoms with Crippen LogP contribution in [-0.2, 0) is 9.59 Å². The first-order valence-corrected chi connectivity index (χ1v) is 12.0. The van der Waals surface area contributed by atoms with Gasteiger partial charge in [-0.3, -0.25) is 9.59 Å². The van der Waals surface area contributed by atoms with Crippen molar-refractivity contribution in [3.63, 3.8) is 0 Å². The molecule has 4 nitrogen and oxygen atoms in total. The average molecular weight is 397 g/mol. The van der Waals surface area contributed by atoms with Crippen LogP contribution in [0.25, 0.3) is 0 Å². The maximum Gasteiger partial charge on any atom is 0.234 e. The zero-order chi connectivity index (χ0) is 21.2. The lowest BCUT2D eigenvalue weighted by molar-refractivity contribution is -0.146. The number of unbranched alkanes of at least 4 members (excludes halogenated alkanes) is 10. The van der Waals surface area contributed by atoms with E-state index in [0.717, 1.165) is 51.6 Å². The molecule has 0 saturated heterocycles. The third kappa shape index (κ3) is 12.4. The van der Waals surface area contributed by atoms with Gasteiger partial charge < -0.3 is 9.80 Å². The van der Waals surface area contributed by atoms with Gasteiger partial charge >= 0.3 is 0 Å². The summed E-state index contributed by atoms with van der Waals surface area (Å²) in [6.45, 7) is 7.99. The van der Waals surface area contributed by atoms with Crippen molar-refractivity contribution in [3.05, 3.63) is 0 Å². The predicted octanol–water partition coefficient (Wildman–Crippen LogP) is 6.04. The van der Waals surface area contributed by atoms with Gasteiger partial charge in [-0.2, -0.15) is 0 Å². The fourth-order valence-electron chi connectivity index (χ4n) is 3.55. The van der Waals surface area contributed by atoms with Gasteiger partial charge in [0.2, 0.25) is 11.8 Å². The van der Waals surface area contributed by atoms with Crippen molar-refractivity contribution in [1.29, 1.82) is 0 Å². The highest BCUT2D eigenvalue weighted by Crippen LogP contribution is 2.18. The van der Waals surface area contributed by atoms with Gasteiger partial charge in [-0.1, -0.05) is 91.4 Å². The molecule has 0 aromatic heterocycles. The van der Waals surface area contributed by atoms with Crippen LogP contribution in [0.15, 0.2) is 0 Å². The summed E-state index contributed by atoms with van der Waals surface area (Å²) in [4.78, 5) is 29.4. The first kappa shape index (κ1) is 26.9. The Balaban J connectivity index is 4.48. The van der Waals surface area contributed by atoms with Crippen LogP contribution in [0, 0.1) is 5.92 Å². The van der Waals surface area contributed by atoms with Gasteiger partial charge in [0.1, 0.15) is 5.92 Å². The minimum Gasteiger partial charge on any atom is -0.345 e. The maximum atomic E-state index is 12.9. The minimum atomic E-state index is -0.492. The Hall–Kier alpha value is -1.06. The molecule has 0 aliphatic carbocycles. The molecule has 0 heterocycles. The van der Waals surface area contributed by atoms with E-state index in [0.29, 0.717) is 6.42 Å². The molecule has 0 aromatic carbocycles. The molecule has 0 aliphatic rings. The van der Waals surface area contributed by atoms with Crippen LogP contribution in [0.4, 0.5) is 0 Å². The molecule has 28 heavy (non-hydrogen) atoms. The van der Waals surface area contributed by atoms with Crippen molar-refractivity contribution in [2.75, 3.05) is 27.2 Å². The van der Waals surface area contributed by atoms with Crippen molar-refractivity contribution >= 4 is 11.8 Å². The molecule has 0 aromatic rings. The highest BCUT2D eigenvalue weighted by atomic mass is 16.2. The summed E-state index contributed by atoms with van der Waals surface area (Å²) >= 11 is 0. The zero-order valence-electron chi connectivity index (χ0n) is 19.6. The molecule has 0 unspecified atom stereocenters. The minimum absolute atomic E-state index is 0.0152. The second kappa shape index (κ2) is 18.0. The quantitative estimate of drug-likeness (QED) is 0.209. The van der Waals surface area contributed by atoms with Crippen molar-refractivity contribution < 1.29 is 9.59 Å². The molecular formula is C24H48N2O2. The molecule has 0 atom stereocenters. The van der Waals surface area contributed by atoms with E-state index in [4.69, 9.17) is 0 Å². The molecule has 0 fully saturated rings. The van der Waals surface area contributed by atoms with Crippen LogP contribution in [0.3, 0.4) is 0 Å². The molecule has 0 saturated carbocycles. The van der Waals surface area contributed by atoms with Crippen LogP contribution >= 0.6 is 0 Å². The predicted molar refractivity (Wildman–Crippen MR) is 120 cm³/mol. The normalized spacial score (nSPS) is 11.1. The van der Waals surface area contributed by atoms with Gasteiger partial charge in [-0.05, 0) is 19.3 Å². The second-order valence-corrected chi connectivity index (χ2v) is 8.40. The first-order valence-electron chi connectivity index (χ1n) is 12.0. The highest BCUT2D eigenvalue weighted by Gasteiger charge is 2.30. The Kier molecular flexibility index (Phi) is 17.3. The Morgan fingerprint density at radius 1 is 0.571 bits per heavy atom. The molecule has 0 N–H and O–H groups in total. The van der Waals surface area contributed by atoms with Gasteiger partial charge in [0.25, 0.3) is 0 Å². The number of nitrogens with zero attached hydrogens (tertiary/aromatic N) is 2. The third-order valence-corrected chi connectivity index (χ3v) is 5.64. The number of rotatable bonds is 18. The summed E-state index contributed by atoms with van der Waals surface area (Å²) in [5, 5.41) is 0. The van der Waals surface area contributed by atoms with Gasteiger partial charge in [-0.25, -0.2) is 0 Å². The standard InChI is InChI=1S/C24H48N2O2/c1-6-9-12-13-14-15-16-17-18-19-22(23(27)25(4)20-10-7-2)24(28)26(5)21-11-8-3/h22H,6-21H2,1-5H3. The van der Waals surface area contributed by atoms with E-state index < -0.39 is 5.92 Å². The summed E-state index contributed by atoms with van der Waals surface area (Å²) in [6.07, 6.45) is 16.1. The lowest BCUT2D eigenvalue weighted by Crippen LogP contribution is -2.43. The van der Waals surface area contributed by atoms with E-state index in [2.05, 4.69) is 20.8 Å². The van der Waals surface area contributed by atoms with E-state index in [-0.39, 0.29) is 11.8 Å². The smallest absolute Gasteiger partial charge is 0.234 e. The van der Waals surface area contributed by atoms with E-state index in [1.54, 1.807) is 9.80 Å². The lowest BCUT2D eigenvalue weighted by Gasteiger charge is -2.27. The Morgan fingerprint density at radius 3 is 1.32 bits per heavy atom. The number of hydrogen-bond donors (Lipinski definition) is 0. The Bertz CT molecular complexity index is 372. The number of amides is 2. The number of carbonyl (C=O) groups is 2. The molecular weight excluding hydrogens is 348 g/mol. The Morgan fingerprint density at radius 2 is 0.929 bits per heavy atom. The van der Waals surface area contributed by atoms with Gasteiger partial charge in [0.15, 0.2) is 0 Å². The van der Waals surface area contributed by atoms with Crippen LogP contribution in [-0.4, -0.2) is 48.8 Å². The number of carbonyl (C=O) groups excluding carboxylic acids is 2. The average Bonchev–Trinajstić information content (AvgIpc) is 2.70. The lowest BCUT2D eigenvalue weighted by atomic mass is 9.97. The Labute approximate surface area is 175 Å². The van der Waals surface area contributed by atoms with Crippen LogP contribution in [0.5, 0.6) is 0 Å². The van der Waals surface area contributed by atoms with E-state index >= 15 is 0 Å². The topological polar surface area (TPSA) is 40.6 Å². The van der Waals surface area contributed by atoms with E-state index in [1.165, 1.54) is 44.9 Å². The summed E-state index contributed by atoms with van der Waals surface area (Å²) in [5.41, 5.74) is 0. The highest BCUT2D eigenvalue weighted by molar-refractivity contribution is 6.00. The molecule has 0 bridgehead atoms. The van der Waals surface area contributed by atoms with Crippen LogP contribution < -0.4 is 0 Å². The summed E-state index contributed by atoms with van der Waals surface area (Å²) in [5.74, 6) is -0.462.